The van der Waals surface area contributed by atoms with E-state index in [1.807, 2.05) is 0 Å². The number of hydrogen-bond donors (Lipinski definition) is 0. The lowest BCUT2D eigenvalue weighted by atomic mass is 9.32. The number of para-hydroxylation sites is 1. The molecule has 2 aliphatic carbocycles. The summed E-state index contributed by atoms with van der Waals surface area (Å²) in [6, 6.07) is 43.9. The van der Waals surface area contributed by atoms with Crippen LogP contribution in [0.1, 0.15) is 90.0 Å². The number of nitrogens with zero attached hydrogens (tertiary/aromatic N) is 2. The van der Waals surface area contributed by atoms with Crippen molar-refractivity contribution in [3.05, 3.63) is 185 Å². The highest BCUT2D eigenvalue weighted by molar-refractivity contribution is 6.94. The molecule has 0 saturated carbocycles. The summed E-state index contributed by atoms with van der Waals surface area (Å²) in [4.78, 5) is 5.37. The van der Waals surface area contributed by atoms with Crippen molar-refractivity contribution >= 4 is 34.7 Å². The van der Waals surface area contributed by atoms with Gasteiger partial charge in [0.1, 0.15) is 0 Å². The van der Waals surface area contributed by atoms with Crippen molar-refractivity contribution < 1.29 is 0 Å². The van der Waals surface area contributed by atoms with E-state index in [4.69, 9.17) is 0 Å². The predicted molar refractivity (Wildman–Crippen MR) is 237 cm³/mol. The molecule has 0 N–H and O–H groups in total. The van der Waals surface area contributed by atoms with E-state index in [2.05, 4.69) is 204 Å². The van der Waals surface area contributed by atoms with E-state index in [1.54, 1.807) is 0 Å². The van der Waals surface area contributed by atoms with Crippen molar-refractivity contribution in [2.45, 2.75) is 90.5 Å². The number of anilines is 3. The van der Waals surface area contributed by atoms with Gasteiger partial charge in [0.2, 0.25) is 0 Å². The molecule has 1 atom stereocenters. The molecule has 274 valence electrons. The molecule has 5 aromatic rings. The molecule has 0 bridgehead atoms. The van der Waals surface area contributed by atoms with Crippen LogP contribution in [0, 0.1) is 0 Å². The maximum atomic E-state index is 2.70. The van der Waals surface area contributed by atoms with Crippen molar-refractivity contribution in [2.75, 3.05) is 9.80 Å². The summed E-state index contributed by atoms with van der Waals surface area (Å²) in [5, 5.41) is 0. The Morgan fingerprint density at radius 1 is 0.673 bits per heavy atom. The van der Waals surface area contributed by atoms with Gasteiger partial charge in [0.25, 0.3) is 6.71 Å². The molecule has 2 nitrogen and oxygen atoms in total. The highest BCUT2D eigenvalue weighted by atomic mass is 15.2. The van der Waals surface area contributed by atoms with Crippen LogP contribution < -0.4 is 20.7 Å². The average molecular weight is 717 g/mol. The van der Waals surface area contributed by atoms with Crippen LogP contribution in [-0.2, 0) is 22.8 Å². The van der Waals surface area contributed by atoms with E-state index in [9.17, 15) is 0 Å². The van der Waals surface area contributed by atoms with Crippen LogP contribution >= 0.6 is 0 Å². The minimum Gasteiger partial charge on any atom is -0.338 e. The largest absolute Gasteiger partial charge is 0.338 e. The summed E-state index contributed by atoms with van der Waals surface area (Å²) in [7, 11) is 0. The second kappa shape index (κ2) is 13.2. The van der Waals surface area contributed by atoms with E-state index in [1.165, 1.54) is 78.2 Å². The molecule has 5 aromatic carbocycles. The Morgan fingerprint density at radius 3 is 2.04 bits per heavy atom. The Labute approximate surface area is 329 Å². The lowest BCUT2D eigenvalue weighted by Crippen LogP contribution is -2.57. The summed E-state index contributed by atoms with van der Waals surface area (Å²) in [6.07, 6.45) is 14.7. The minimum atomic E-state index is -0.0989. The van der Waals surface area contributed by atoms with Gasteiger partial charge in [-0.05, 0) is 98.1 Å². The molecule has 0 radical (unpaired) electrons. The lowest BCUT2D eigenvalue weighted by Gasteiger charge is -2.49. The number of allylic oxidation sites excluding steroid dienone is 7. The van der Waals surface area contributed by atoms with E-state index < -0.39 is 0 Å². The SMILES string of the molecule is CC(C)(C)c1ccc2c(c1)N(Cc1ccccc1-c1ccccc1)C1=CCCC3=C1B2c1ccc(C(C)(C)C)cc1N3c1ccccc1C1(C)C=CC=CC1. The van der Waals surface area contributed by atoms with Crippen molar-refractivity contribution in [1.82, 2.24) is 0 Å². The Kier molecular flexibility index (Phi) is 8.50. The van der Waals surface area contributed by atoms with Crippen LogP contribution in [0.2, 0.25) is 0 Å². The summed E-state index contributed by atoms with van der Waals surface area (Å²) in [5.41, 5.74) is 19.0. The highest BCUT2D eigenvalue weighted by Crippen LogP contribution is 2.50. The maximum absolute atomic E-state index is 2.70. The van der Waals surface area contributed by atoms with Crippen molar-refractivity contribution in [1.29, 1.82) is 0 Å². The fraction of sp³-hybridized carbons (Fsp3) is 0.269. The summed E-state index contributed by atoms with van der Waals surface area (Å²) >= 11 is 0. The average Bonchev–Trinajstić information content (AvgIpc) is 3.18. The van der Waals surface area contributed by atoms with Crippen LogP contribution in [0.3, 0.4) is 0 Å². The monoisotopic (exact) mass is 716 g/mol. The quantitative estimate of drug-likeness (QED) is 0.167. The first-order valence-corrected chi connectivity index (χ1v) is 20.3. The smallest absolute Gasteiger partial charge is 0.251 e. The third-order valence-corrected chi connectivity index (χ3v) is 12.5. The molecule has 0 aromatic heterocycles. The van der Waals surface area contributed by atoms with E-state index in [0.29, 0.717) is 0 Å². The molecular weight excluding hydrogens is 663 g/mol. The summed E-state index contributed by atoms with van der Waals surface area (Å²) in [6.45, 7) is 17.4. The second-order valence-electron chi connectivity index (χ2n) is 18.3. The van der Waals surface area contributed by atoms with Crippen LogP contribution in [0.15, 0.2) is 163 Å². The van der Waals surface area contributed by atoms with Crippen LogP contribution in [0.4, 0.5) is 17.1 Å². The van der Waals surface area contributed by atoms with Gasteiger partial charge >= 0.3 is 0 Å². The fourth-order valence-electron chi connectivity index (χ4n) is 9.48. The molecule has 55 heavy (non-hydrogen) atoms. The van der Waals surface area contributed by atoms with Gasteiger partial charge < -0.3 is 9.80 Å². The van der Waals surface area contributed by atoms with Crippen LogP contribution in [0.25, 0.3) is 11.1 Å². The standard InChI is InChI=1S/C52H53BN2/c1-50(2,3)38-27-29-42-47(33-38)54(35-37-21-12-13-22-40(37)36-19-10-8-11-20-36)45-25-18-26-46-49(45)53(42)43-30-28-39(51(4,5)6)34-48(43)55(46)44-24-15-14-23-41(44)52(7)31-16-9-17-32-52/h8-17,19-25,27-31,33-34H,18,26,32,35H2,1-7H3. The maximum Gasteiger partial charge on any atom is 0.251 e. The van der Waals surface area contributed by atoms with Gasteiger partial charge in [-0.15, -0.1) is 0 Å². The zero-order valence-electron chi connectivity index (χ0n) is 33.7. The zero-order valence-corrected chi connectivity index (χ0v) is 33.7. The van der Waals surface area contributed by atoms with Gasteiger partial charge in [-0.3, -0.25) is 0 Å². The number of benzene rings is 5. The Balaban J connectivity index is 1.31. The van der Waals surface area contributed by atoms with Gasteiger partial charge in [-0.2, -0.15) is 0 Å². The molecular formula is C52H53BN2. The third kappa shape index (κ3) is 6.04. The number of rotatable bonds is 5. The molecule has 0 saturated heterocycles. The topological polar surface area (TPSA) is 6.48 Å². The molecule has 2 heterocycles. The fourth-order valence-corrected chi connectivity index (χ4v) is 9.48. The van der Waals surface area contributed by atoms with Gasteiger partial charge in [0, 0.05) is 40.4 Å². The first kappa shape index (κ1) is 35.4. The Hall–Kier alpha value is -5.28. The van der Waals surface area contributed by atoms with Gasteiger partial charge in [0.15, 0.2) is 0 Å². The third-order valence-electron chi connectivity index (χ3n) is 12.5. The predicted octanol–water partition coefficient (Wildman–Crippen LogP) is 12.0. The van der Waals surface area contributed by atoms with Crippen molar-refractivity contribution in [3.63, 3.8) is 0 Å². The highest BCUT2D eigenvalue weighted by Gasteiger charge is 2.46. The van der Waals surface area contributed by atoms with Crippen molar-refractivity contribution in [2.24, 2.45) is 0 Å². The van der Waals surface area contributed by atoms with Crippen molar-refractivity contribution in [3.8, 4) is 11.1 Å². The molecule has 0 amide bonds. The molecule has 9 rings (SSSR count). The summed E-state index contributed by atoms with van der Waals surface area (Å²) in [5.74, 6) is 0. The Bertz CT molecular complexity index is 2430. The molecule has 1 unspecified atom stereocenters. The summed E-state index contributed by atoms with van der Waals surface area (Å²) < 4.78 is 0. The van der Waals surface area contributed by atoms with Crippen LogP contribution in [0.5, 0.6) is 0 Å². The zero-order chi connectivity index (χ0) is 38.1. The Morgan fingerprint density at radius 2 is 1.33 bits per heavy atom. The normalized spacial score (nSPS) is 18.9. The van der Waals surface area contributed by atoms with Gasteiger partial charge in [-0.25, -0.2) is 0 Å². The first-order valence-electron chi connectivity index (χ1n) is 20.3. The van der Waals surface area contributed by atoms with Gasteiger partial charge in [-0.1, -0.05) is 176 Å². The lowest BCUT2D eigenvalue weighted by molar-refractivity contribution is 0.590. The van der Waals surface area contributed by atoms with Gasteiger partial charge in [0.05, 0.1) is 0 Å². The number of fused-ring (bicyclic) bond motifs is 4. The first-order chi connectivity index (χ1) is 26.4. The number of hydrogen-bond acceptors (Lipinski definition) is 2. The van der Waals surface area contributed by atoms with E-state index >= 15 is 0 Å². The second-order valence-corrected chi connectivity index (χ2v) is 18.3. The molecule has 4 aliphatic rings. The minimum absolute atomic E-state index is 0.0183. The molecule has 2 aliphatic heterocycles. The molecule has 3 heteroatoms. The molecule has 0 fully saturated rings. The van der Waals surface area contributed by atoms with E-state index in [0.717, 1.165) is 25.8 Å². The molecule has 0 spiro atoms. The van der Waals surface area contributed by atoms with E-state index in [-0.39, 0.29) is 23.0 Å². The van der Waals surface area contributed by atoms with Crippen LogP contribution in [-0.4, -0.2) is 6.71 Å².